The molecule has 1 aromatic rings. The number of carbonyl (C=O) groups is 1. The van der Waals surface area contributed by atoms with Crippen LogP contribution in [0.2, 0.25) is 0 Å². The molecular weight excluding hydrogens is 336 g/mol. The van der Waals surface area contributed by atoms with Crippen LogP contribution in [0.3, 0.4) is 0 Å². The Hall–Kier alpha value is -2.04. The van der Waals surface area contributed by atoms with E-state index >= 15 is 0 Å². The van der Waals surface area contributed by atoms with Crippen LogP contribution in [0.4, 0.5) is 0 Å². The van der Waals surface area contributed by atoms with E-state index < -0.39 is 0 Å². The van der Waals surface area contributed by atoms with Crippen LogP contribution >= 0.6 is 0 Å². The number of rotatable bonds is 7. The zero-order chi connectivity index (χ0) is 19.6. The van der Waals surface area contributed by atoms with Crippen LogP contribution < -0.4 is 10.6 Å². The predicted molar refractivity (Wildman–Crippen MR) is 113 cm³/mol. The largest absolute Gasteiger partial charge is 0.354 e. The van der Waals surface area contributed by atoms with E-state index in [1.165, 1.54) is 44.9 Å². The molecule has 0 aliphatic heterocycles. The van der Waals surface area contributed by atoms with Crippen LogP contribution in [-0.2, 0) is 6.54 Å². The average molecular weight is 373 g/mol. The van der Waals surface area contributed by atoms with E-state index in [9.17, 15) is 4.79 Å². The molecule has 1 saturated carbocycles. The lowest BCUT2D eigenvalue weighted by molar-refractivity contribution is 0.0827. The minimum Gasteiger partial charge on any atom is -0.354 e. The summed E-state index contributed by atoms with van der Waals surface area (Å²) in [6.45, 7) is 2.92. The van der Waals surface area contributed by atoms with Gasteiger partial charge in [-0.25, -0.2) is 0 Å². The summed E-state index contributed by atoms with van der Waals surface area (Å²) >= 11 is 0. The van der Waals surface area contributed by atoms with E-state index in [-0.39, 0.29) is 5.91 Å². The topological polar surface area (TPSA) is 56.7 Å². The molecule has 0 spiro atoms. The number of carbonyl (C=O) groups excluding carboxylic acids is 1. The molecular formula is C22H36N4O. The minimum atomic E-state index is 0.0266. The summed E-state index contributed by atoms with van der Waals surface area (Å²) in [7, 11) is 5.34. The highest BCUT2D eigenvalue weighted by molar-refractivity contribution is 5.93. The van der Waals surface area contributed by atoms with Gasteiger partial charge in [-0.2, -0.15) is 0 Å². The molecule has 0 heterocycles. The molecule has 0 aromatic heterocycles. The fourth-order valence-electron chi connectivity index (χ4n) is 3.67. The first-order valence-corrected chi connectivity index (χ1v) is 10.3. The Morgan fingerprint density at radius 3 is 2.44 bits per heavy atom. The third-order valence-corrected chi connectivity index (χ3v) is 5.41. The quantitative estimate of drug-likeness (QED) is 0.565. The smallest absolute Gasteiger partial charge is 0.253 e. The van der Waals surface area contributed by atoms with Crippen molar-refractivity contribution < 1.29 is 4.79 Å². The van der Waals surface area contributed by atoms with Crippen molar-refractivity contribution in [1.82, 2.24) is 15.5 Å². The molecule has 1 aliphatic carbocycles. The van der Waals surface area contributed by atoms with Crippen molar-refractivity contribution >= 4 is 11.9 Å². The number of hydrogen-bond donors (Lipinski definition) is 2. The predicted octanol–water partition coefficient (Wildman–Crippen LogP) is 3.80. The monoisotopic (exact) mass is 372 g/mol. The van der Waals surface area contributed by atoms with Crippen molar-refractivity contribution in [2.75, 3.05) is 21.1 Å². The summed E-state index contributed by atoms with van der Waals surface area (Å²) in [5.41, 5.74) is 1.84. The van der Waals surface area contributed by atoms with Gasteiger partial charge in [-0.1, -0.05) is 44.2 Å². The molecule has 1 aliphatic rings. The average Bonchev–Trinajstić information content (AvgIpc) is 2.70. The second-order valence-corrected chi connectivity index (χ2v) is 7.95. The summed E-state index contributed by atoms with van der Waals surface area (Å²) in [4.78, 5) is 17.9. The van der Waals surface area contributed by atoms with Gasteiger partial charge < -0.3 is 15.5 Å². The number of aliphatic imine (C=N–C) groups is 1. The molecule has 27 heavy (non-hydrogen) atoms. The van der Waals surface area contributed by atoms with Crippen molar-refractivity contribution in [2.45, 2.75) is 64.5 Å². The molecule has 2 rings (SSSR count). The van der Waals surface area contributed by atoms with Gasteiger partial charge in [0.1, 0.15) is 0 Å². The maximum atomic E-state index is 11.9. The molecule has 1 aromatic carbocycles. The second-order valence-electron chi connectivity index (χ2n) is 7.95. The van der Waals surface area contributed by atoms with Gasteiger partial charge in [-0.15, -0.1) is 0 Å². The molecule has 0 radical (unpaired) electrons. The lowest BCUT2D eigenvalue weighted by Gasteiger charge is -2.24. The van der Waals surface area contributed by atoms with Crippen LogP contribution in [0.5, 0.6) is 0 Å². The lowest BCUT2D eigenvalue weighted by Crippen LogP contribution is -2.42. The van der Waals surface area contributed by atoms with Crippen molar-refractivity contribution in [3.05, 3.63) is 35.4 Å². The normalized spacial score (nSPS) is 16.7. The number of guanidine groups is 1. The summed E-state index contributed by atoms with van der Waals surface area (Å²) in [5, 5.41) is 6.87. The summed E-state index contributed by atoms with van der Waals surface area (Å²) in [6.07, 6.45) is 9.56. The molecule has 5 nitrogen and oxygen atoms in total. The van der Waals surface area contributed by atoms with Crippen LogP contribution in [-0.4, -0.2) is 44.0 Å². The van der Waals surface area contributed by atoms with E-state index in [1.807, 2.05) is 31.3 Å². The Morgan fingerprint density at radius 1 is 1.19 bits per heavy atom. The van der Waals surface area contributed by atoms with Gasteiger partial charge in [-0.05, 0) is 43.4 Å². The van der Waals surface area contributed by atoms with Crippen LogP contribution in [0.1, 0.15) is 67.8 Å². The summed E-state index contributed by atoms with van der Waals surface area (Å²) in [5.74, 6) is 1.78. The molecule has 2 N–H and O–H groups in total. The molecule has 1 amide bonds. The molecule has 1 unspecified atom stereocenters. The Kier molecular flexibility index (Phi) is 8.62. The Balaban J connectivity index is 1.75. The van der Waals surface area contributed by atoms with Crippen molar-refractivity contribution in [3.63, 3.8) is 0 Å². The van der Waals surface area contributed by atoms with Crippen molar-refractivity contribution in [2.24, 2.45) is 10.9 Å². The van der Waals surface area contributed by atoms with Crippen LogP contribution in [0.25, 0.3) is 0 Å². The number of amides is 1. The highest BCUT2D eigenvalue weighted by Crippen LogP contribution is 2.27. The molecule has 0 bridgehead atoms. The van der Waals surface area contributed by atoms with Crippen molar-refractivity contribution in [1.29, 1.82) is 0 Å². The first-order valence-electron chi connectivity index (χ1n) is 10.3. The number of nitrogens with one attached hydrogen (secondary N) is 2. The van der Waals surface area contributed by atoms with Gasteiger partial charge in [-0.3, -0.25) is 9.79 Å². The fourth-order valence-corrected chi connectivity index (χ4v) is 3.67. The van der Waals surface area contributed by atoms with E-state index in [0.717, 1.165) is 17.4 Å². The molecule has 1 atom stereocenters. The van der Waals surface area contributed by atoms with Crippen molar-refractivity contribution in [3.8, 4) is 0 Å². The summed E-state index contributed by atoms with van der Waals surface area (Å²) < 4.78 is 0. The van der Waals surface area contributed by atoms with Gasteiger partial charge in [0.2, 0.25) is 0 Å². The van der Waals surface area contributed by atoms with Gasteiger partial charge in [0.15, 0.2) is 5.96 Å². The third kappa shape index (κ3) is 7.24. The minimum absolute atomic E-state index is 0.0266. The number of benzene rings is 1. The van der Waals surface area contributed by atoms with Crippen LogP contribution in [0, 0.1) is 5.92 Å². The van der Waals surface area contributed by atoms with E-state index in [2.05, 4.69) is 22.5 Å². The van der Waals surface area contributed by atoms with E-state index in [1.54, 1.807) is 19.0 Å². The standard InChI is InChI=1S/C22H36N4O/c1-17(10-11-18-8-6-5-7-9-18)25-22(23-2)24-16-19-12-14-20(15-13-19)21(27)26(3)4/h12-15,17-18H,5-11,16H2,1-4H3,(H2,23,24,25). The van der Waals surface area contributed by atoms with Crippen LogP contribution in [0.15, 0.2) is 29.3 Å². The highest BCUT2D eigenvalue weighted by Gasteiger charge is 2.15. The lowest BCUT2D eigenvalue weighted by atomic mass is 9.85. The molecule has 5 heteroatoms. The fraction of sp³-hybridized carbons (Fsp3) is 0.636. The zero-order valence-electron chi connectivity index (χ0n) is 17.4. The molecule has 0 saturated heterocycles. The van der Waals surface area contributed by atoms with Gasteiger partial charge in [0.05, 0.1) is 0 Å². The van der Waals surface area contributed by atoms with Gasteiger partial charge in [0, 0.05) is 39.3 Å². The highest BCUT2D eigenvalue weighted by atomic mass is 16.2. The van der Waals surface area contributed by atoms with Gasteiger partial charge >= 0.3 is 0 Å². The Morgan fingerprint density at radius 2 is 1.85 bits per heavy atom. The SMILES string of the molecule is CN=C(NCc1ccc(C(=O)N(C)C)cc1)NC(C)CCC1CCCCC1. The second kappa shape index (κ2) is 11.0. The number of nitrogens with zero attached hydrogens (tertiary/aromatic N) is 2. The van der Waals surface area contributed by atoms with E-state index in [4.69, 9.17) is 0 Å². The maximum Gasteiger partial charge on any atom is 0.253 e. The first-order chi connectivity index (χ1) is 13.0. The Labute approximate surface area is 164 Å². The summed E-state index contributed by atoms with van der Waals surface area (Å²) in [6, 6.07) is 8.15. The van der Waals surface area contributed by atoms with Gasteiger partial charge in [0.25, 0.3) is 5.91 Å². The zero-order valence-corrected chi connectivity index (χ0v) is 17.4. The molecule has 150 valence electrons. The third-order valence-electron chi connectivity index (χ3n) is 5.41. The Bertz CT molecular complexity index is 603. The molecule has 1 fully saturated rings. The number of hydrogen-bond acceptors (Lipinski definition) is 2. The maximum absolute atomic E-state index is 11.9. The van der Waals surface area contributed by atoms with E-state index in [0.29, 0.717) is 18.2 Å². The first kappa shape index (κ1) is 21.3.